The van der Waals surface area contributed by atoms with Gasteiger partial charge in [0.15, 0.2) is 0 Å². The van der Waals surface area contributed by atoms with Gasteiger partial charge in [-0.25, -0.2) is 0 Å². The molecule has 0 saturated heterocycles. The number of alkyl halides is 1. The van der Waals surface area contributed by atoms with E-state index in [9.17, 15) is 4.79 Å². The largest absolute Gasteiger partial charge is 0.298 e. The number of nitrogens with zero attached hydrogens (tertiary/aromatic N) is 1. The van der Waals surface area contributed by atoms with Crippen LogP contribution in [0.2, 0.25) is 0 Å². The standard InChI is InChI=1S/C7H8BrNO/c8-7-5(3-4-9)1-2-6(7)10/h5,7H,1-3H2. The average Bonchev–Trinajstić information content (AvgIpc) is 2.20. The lowest BCUT2D eigenvalue weighted by Gasteiger charge is -2.05. The smallest absolute Gasteiger partial charge is 0.146 e. The Balaban J connectivity index is 2.50. The first kappa shape index (κ1) is 7.74. The van der Waals surface area contributed by atoms with Crippen molar-refractivity contribution in [2.45, 2.75) is 24.1 Å². The van der Waals surface area contributed by atoms with E-state index in [2.05, 4.69) is 22.0 Å². The van der Waals surface area contributed by atoms with E-state index in [-0.39, 0.29) is 16.5 Å². The number of hydrogen-bond donors (Lipinski definition) is 0. The fourth-order valence-corrected chi connectivity index (χ4v) is 1.88. The van der Waals surface area contributed by atoms with E-state index < -0.39 is 0 Å². The summed E-state index contributed by atoms with van der Waals surface area (Å²) >= 11 is 3.27. The molecule has 1 saturated carbocycles. The van der Waals surface area contributed by atoms with Crippen molar-refractivity contribution < 1.29 is 4.79 Å². The van der Waals surface area contributed by atoms with Crippen LogP contribution in [-0.4, -0.2) is 10.6 Å². The number of halogens is 1. The topological polar surface area (TPSA) is 40.9 Å². The monoisotopic (exact) mass is 201 g/mol. The Bertz CT molecular complexity index is 185. The number of ketones is 1. The summed E-state index contributed by atoms with van der Waals surface area (Å²) < 4.78 is 0. The molecule has 10 heavy (non-hydrogen) atoms. The van der Waals surface area contributed by atoms with Crippen LogP contribution in [0.4, 0.5) is 0 Å². The number of rotatable bonds is 1. The van der Waals surface area contributed by atoms with Crippen LogP contribution >= 0.6 is 15.9 Å². The Morgan fingerprint density at radius 3 is 2.90 bits per heavy atom. The van der Waals surface area contributed by atoms with Gasteiger partial charge in [0, 0.05) is 12.8 Å². The van der Waals surface area contributed by atoms with Gasteiger partial charge in [-0.3, -0.25) is 4.79 Å². The SMILES string of the molecule is N#CCC1CCC(=O)C1Br. The predicted molar refractivity (Wildman–Crippen MR) is 40.7 cm³/mol. The number of carbonyl (C=O) groups is 1. The maximum Gasteiger partial charge on any atom is 0.146 e. The van der Waals surface area contributed by atoms with Gasteiger partial charge < -0.3 is 0 Å². The van der Waals surface area contributed by atoms with E-state index >= 15 is 0 Å². The van der Waals surface area contributed by atoms with Gasteiger partial charge in [0.25, 0.3) is 0 Å². The fraction of sp³-hybridized carbons (Fsp3) is 0.714. The summed E-state index contributed by atoms with van der Waals surface area (Å²) in [6.45, 7) is 0. The molecule has 0 N–H and O–H groups in total. The van der Waals surface area contributed by atoms with Crippen molar-refractivity contribution in [3.63, 3.8) is 0 Å². The lowest BCUT2D eigenvalue weighted by Crippen LogP contribution is -2.12. The maximum absolute atomic E-state index is 10.9. The Hall–Kier alpha value is -0.360. The van der Waals surface area contributed by atoms with Gasteiger partial charge in [0.1, 0.15) is 5.78 Å². The molecule has 0 aromatic carbocycles. The lowest BCUT2D eigenvalue weighted by molar-refractivity contribution is -0.117. The molecule has 0 aliphatic heterocycles. The summed E-state index contributed by atoms with van der Waals surface area (Å²) in [5, 5.41) is 8.35. The van der Waals surface area contributed by atoms with Crippen LogP contribution in [0.15, 0.2) is 0 Å². The highest BCUT2D eigenvalue weighted by Gasteiger charge is 2.31. The molecule has 54 valence electrons. The Labute approximate surface area is 68.3 Å². The highest BCUT2D eigenvalue weighted by Crippen LogP contribution is 2.30. The minimum Gasteiger partial charge on any atom is -0.298 e. The normalized spacial score (nSPS) is 32.2. The van der Waals surface area contributed by atoms with Gasteiger partial charge in [-0.2, -0.15) is 5.26 Å². The summed E-state index contributed by atoms with van der Waals surface area (Å²) in [6, 6.07) is 2.08. The van der Waals surface area contributed by atoms with Gasteiger partial charge in [-0.1, -0.05) is 15.9 Å². The van der Waals surface area contributed by atoms with Gasteiger partial charge in [-0.15, -0.1) is 0 Å². The first-order chi connectivity index (χ1) is 4.75. The van der Waals surface area contributed by atoms with Crippen molar-refractivity contribution >= 4 is 21.7 Å². The zero-order valence-corrected chi connectivity index (χ0v) is 7.10. The molecule has 3 heteroatoms. The van der Waals surface area contributed by atoms with E-state index in [1.807, 2.05) is 0 Å². The Kier molecular flexibility index (Phi) is 2.44. The molecule has 0 bridgehead atoms. The van der Waals surface area contributed by atoms with Gasteiger partial charge in [0.05, 0.1) is 10.9 Å². The molecular weight excluding hydrogens is 194 g/mol. The van der Waals surface area contributed by atoms with Crippen LogP contribution in [0.25, 0.3) is 0 Å². The highest BCUT2D eigenvalue weighted by atomic mass is 79.9. The summed E-state index contributed by atoms with van der Waals surface area (Å²) in [5.41, 5.74) is 0. The molecule has 0 amide bonds. The molecule has 0 radical (unpaired) electrons. The van der Waals surface area contributed by atoms with Crippen molar-refractivity contribution in [3.8, 4) is 6.07 Å². The number of carbonyl (C=O) groups excluding carboxylic acids is 1. The van der Waals surface area contributed by atoms with Crippen molar-refractivity contribution in [2.24, 2.45) is 5.92 Å². The van der Waals surface area contributed by atoms with E-state index in [0.717, 1.165) is 6.42 Å². The molecule has 1 fully saturated rings. The third-order valence-corrected chi connectivity index (χ3v) is 3.09. The van der Waals surface area contributed by atoms with Crippen molar-refractivity contribution in [1.29, 1.82) is 5.26 Å². The molecule has 0 heterocycles. The Morgan fingerprint density at radius 2 is 2.50 bits per heavy atom. The van der Waals surface area contributed by atoms with Crippen LogP contribution in [0, 0.1) is 17.2 Å². The molecule has 1 rings (SSSR count). The van der Waals surface area contributed by atoms with E-state index in [1.165, 1.54) is 0 Å². The number of nitriles is 1. The summed E-state index contributed by atoms with van der Waals surface area (Å²) in [6.07, 6.45) is 2.02. The number of hydrogen-bond acceptors (Lipinski definition) is 2. The second-order valence-corrected chi connectivity index (χ2v) is 3.52. The average molecular weight is 202 g/mol. The van der Waals surface area contributed by atoms with E-state index in [1.54, 1.807) is 0 Å². The van der Waals surface area contributed by atoms with E-state index in [4.69, 9.17) is 5.26 Å². The minimum atomic E-state index is -0.0489. The third kappa shape index (κ3) is 1.38. The molecule has 2 nitrogen and oxygen atoms in total. The quantitative estimate of drug-likeness (QED) is 0.606. The molecule has 0 aromatic heterocycles. The molecule has 2 atom stereocenters. The summed E-state index contributed by atoms with van der Waals surface area (Å²) in [4.78, 5) is 10.9. The van der Waals surface area contributed by atoms with Crippen molar-refractivity contribution in [2.75, 3.05) is 0 Å². The second kappa shape index (κ2) is 3.16. The zero-order valence-electron chi connectivity index (χ0n) is 5.51. The van der Waals surface area contributed by atoms with Crippen molar-refractivity contribution in [1.82, 2.24) is 0 Å². The van der Waals surface area contributed by atoms with Crippen LogP contribution in [-0.2, 0) is 4.79 Å². The first-order valence-electron chi connectivity index (χ1n) is 3.29. The molecular formula is C7H8BrNO. The predicted octanol–water partition coefficient (Wildman–Crippen LogP) is 1.64. The minimum absolute atomic E-state index is 0.0489. The van der Waals surface area contributed by atoms with Gasteiger partial charge in [0.2, 0.25) is 0 Å². The molecule has 1 aliphatic carbocycles. The van der Waals surface area contributed by atoms with Crippen LogP contribution in [0.3, 0.4) is 0 Å². The van der Waals surface area contributed by atoms with Crippen LogP contribution in [0.1, 0.15) is 19.3 Å². The Morgan fingerprint density at radius 1 is 1.80 bits per heavy atom. The van der Waals surface area contributed by atoms with Crippen LogP contribution < -0.4 is 0 Å². The summed E-state index contributed by atoms with van der Waals surface area (Å²) in [7, 11) is 0. The molecule has 1 aliphatic rings. The van der Waals surface area contributed by atoms with Gasteiger partial charge in [-0.05, 0) is 12.3 Å². The first-order valence-corrected chi connectivity index (χ1v) is 4.21. The second-order valence-electron chi connectivity index (χ2n) is 2.53. The third-order valence-electron chi connectivity index (χ3n) is 1.84. The van der Waals surface area contributed by atoms with E-state index in [0.29, 0.717) is 12.8 Å². The van der Waals surface area contributed by atoms with Crippen LogP contribution in [0.5, 0.6) is 0 Å². The zero-order chi connectivity index (χ0) is 7.56. The van der Waals surface area contributed by atoms with Crippen molar-refractivity contribution in [3.05, 3.63) is 0 Å². The van der Waals surface area contributed by atoms with Gasteiger partial charge >= 0.3 is 0 Å². The molecule has 0 aromatic rings. The highest BCUT2D eigenvalue weighted by molar-refractivity contribution is 9.10. The molecule has 0 spiro atoms. The number of Topliss-reactive ketones (excluding diaryl/α,β-unsaturated/α-hetero) is 1. The maximum atomic E-state index is 10.9. The summed E-state index contributed by atoms with van der Waals surface area (Å²) in [5.74, 6) is 0.512. The molecule has 2 unspecified atom stereocenters. The lowest BCUT2D eigenvalue weighted by atomic mass is 10.1. The fourth-order valence-electron chi connectivity index (χ4n) is 1.20.